The first kappa shape index (κ1) is 20.5. The fourth-order valence-corrected chi connectivity index (χ4v) is 2.28. The highest BCUT2D eigenvalue weighted by Gasteiger charge is 2.22. The predicted molar refractivity (Wildman–Crippen MR) is 98.4 cm³/mol. The lowest BCUT2D eigenvalue weighted by atomic mass is 10.1. The molecule has 0 aromatic heterocycles. The maximum Gasteiger partial charge on any atom is 0.311 e. The van der Waals surface area contributed by atoms with E-state index in [1.807, 2.05) is 32.0 Å². The molecule has 0 aliphatic carbocycles. The number of carbonyl (C=O) groups excluding carboxylic acids is 2. The van der Waals surface area contributed by atoms with Crippen molar-refractivity contribution >= 4 is 11.9 Å². The Kier molecular flexibility index (Phi) is 8.47. The Labute approximate surface area is 149 Å². The van der Waals surface area contributed by atoms with Gasteiger partial charge in [0.25, 0.3) is 5.91 Å². The van der Waals surface area contributed by atoms with Crippen LogP contribution < -0.4 is 4.74 Å². The number of ether oxygens (including phenoxy) is 2. The zero-order valence-electron chi connectivity index (χ0n) is 15.2. The Morgan fingerprint density at radius 3 is 2.36 bits per heavy atom. The second-order valence-corrected chi connectivity index (χ2v) is 5.94. The Balaban J connectivity index is 2.64. The van der Waals surface area contributed by atoms with Gasteiger partial charge in [0.2, 0.25) is 0 Å². The SMILES string of the molecule is C=CCN(CC=C)C(=O)C(C)OC(=O)Cc1cccc(OC(C)C)c1. The van der Waals surface area contributed by atoms with E-state index in [1.54, 1.807) is 25.1 Å². The standard InChI is InChI=1S/C20H27NO4/c1-6-11-21(12-7-2)20(23)16(5)25-19(22)14-17-9-8-10-18(13-17)24-15(3)4/h6-10,13,15-16H,1-2,11-12,14H2,3-5H3. The molecule has 1 aromatic rings. The van der Waals surface area contributed by atoms with Gasteiger partial charge in [0.05, 0.1) is 12.5 Å². The van der Waals surface area contributed by atoms with Crippen molar-refractivity contribution < 1.29 is 19.1 Å². The second kappa shape index (κ2) is 10.3. The van der Waals surface area contributed by atoms with Gasteiger partial charge >= 0.3 is 5.97 Å². The van der Waals surface area contributed by atoms with Crippen molar-refractivity contribution in [2.45, 2.75) is 39.4 Å². The molecule has 0 saturated heterocycles. The van der Waals surface area contributed by atoms with Crippen LogP contribution in [0.4, 0.5) is 0 Å². The monoisotopic (exact) mass is 345 g/mol. The van der Waals surface area contributed by atoms with Crippen LogP contribution in [0.2, 0.25) is 0 Å². The van der Waals surface area contributed by atoms with E-state index in [2.05, 4.69) is 13.2 Å². The molecule has 5 heteroatoms. The lowest BCUT2D eigenvalue weighted by Crippen LogP contribution is -2.40. The Hall–Kier alpha value is -2.56. The lowest BCUT2D eigenvalue weighted by Gasteiger charge is -2.23. The van der Waals surface area contributed by atoms with Gasteiger partial charge in [-0.2, -0.15) is 0 Å². The van der Waals surface area contributed by atoms with Gasteiger partial charge in [-0.05, 0) is 38.5 Å². The van der Waals surface area contributed by atoms with Crippen molar-refractivity contribution in [3.05, 3.63) is 55.1 Å². The normalized spacial score (nSPS) is 11.5. The Morgan fingerprint density at radius 1 is 1.16 bits per heavy atom. The van der Waals surface area contributed by atoms with Crippen LogP contribution in [0.15, 0.2) is 49.6 Å². The Morgan fingerprint density at radius 2 is 1.80 bits per heavy atom. The molecule has 0 heterocycles. The van der Waals surface area contributed by atoms with Gasteiger partial charge in [-0.3, -0.25) is 9.59 Å². The molecule has 136 valence electrons. The largest absolute Gasteiger partial charge is 0.491 e. The molecule has 1 rings (SSSR count). The number of hydrogen-bond donors (Lipinski definition) is 0. The average molecular weight is 345 g/mol. The summed E-state index contributed by atoms with van der Waals surface area (Å²) < 4.78 is 10.9. The van der Waals surface area contributed by atoms with Crippen LogP contribution in [0.1, 0.15) is 26.3 Å². The lowest BCUT2D eigenvalue weighted by molar-refractivity contribution is -0.158. The number of nitrogens with zero attached hydrogens (tertiary/aromatic N) is 1. The number of hydrogen-bond acceptors (Lipinski definition) is 4. The first-order chi connectivity index (χ1) is 11.9. The van der Waals surface area contributed by atoms with Crippen LogP contribution in [0.3, 0.4) is 0 Å². The van der Waals surface area contributed by atoms with Crippen molar-refractivity contribution in [2.24, 2.45) is 0 Å². The quantitative estimate of drug-likeness (QED) is 0.483. The number of rotatable bonds is 10. The molecule has 5 nitrogen and oxygen atoms in total. The van der Waals surface area contributed by atoms with Crippen LogP contribution in [-0.2, 0) is 20.7 Å². The molecule has 0 aliphatic heterocycles. The minimum absolute atomic E-state index is 0.0561. The van der Waals surface area contributed by atoms with E-state index in [4.69, 9.17) is 9.47 Å². The van der Waals surface area contributed by atoms with Crippen molar-refractivity contribution in [3.63, 3.8) is 0 Å². The molecular formula is C20H27NO4. The van der Waals surface area contributed by atoms with E-state index in [0.29, 0.717) is 18.8 Å². The van der Waals surface area contributed by atoms with Crippen molar-refractivity contribution in [1.82, 2.24) is 4.90 Å². The van der Waals surface area contributed by atoms with Gasteiger partial charge in [-0.15, -0.1) is 13.2 Å². The molecule has 1 unspecified atom stereocenters. The molecule has 1 atom stereocenters. The molecule has 1 aromatic carbocycles. The highest BCUT2D eigenvalue weighted by Crippen LogP contribution is 2.16. The van der Waals surface area contributed by atoms with E-state index < -0.39 is 12.1 Å². The Bertz CT molecular complexity index is 599. The molecular weight excluding hydrogens is 318 g/mol. The van der Waals surface area contributed by atoms with Gasteiger partial charge < -0.3 is 14.4 Å². The third-order valence-electron chi connectivity index (χ3n) is 3.29. The molecule has 0 bridgehead atoms. The third-order valence-corrected chi connectivity index (χ3v) is 3.29. The maximum absolute atomic E-state index is 12.3. The molecule has 0 spiro atoms. The van der Waals surface area contributed by atoms with Crippen LogP contribution >= 0.6 is 0 Å². The zero-order valence-corrected chi connectivity index (χ0v) is 15.2. The van der Waals surface area contributed by atoms with Gasteiger partial charge in [0, 0.05) is 13.1 Å². The van der Waals surface area contributed by atoms with Crippen LogP contribution in [0, 0.1) is 0 Å². The summed E-state index contributed by atoms with van der Waals surface area (Å²) in [5, 5.41) is 0. The molecule has 0 aliphatic rings. The van der Waals surface area contributed by atoms with Gasteiger partial charge in [-0.1, -0.05) is 24.3 Å². The maximum atomic E-state index is 12.3. The number of amides is 1. The molecule has 0 radical (unpaired) electrons. The minimum atomic E-state index is -0.859. The highest BCUT2D eigenvalue weighted by atomic mass is 16.5. The third kappa shape index (κ3) is 7.25. The summed E-state index contributed by atoms with van der Waals surface area (Å²) in [6, 6.07) is 7.28. The first-order valence-electron chi connectivity index (χ1n) is 8.33. The van der Waals surface area contributed by atoms with E-state index in [0.717, 1.165) is 5.56 Å². The summed E-state index contributed by atoms with van der Waals surface area (Å²) in [5.74, 6) is -0.0303. The summed E-state index contributed by atoms with van der Waals surface area (Å²) in [6.07, 6.45) is 2.52. The van der Waals surface area contributed by atoms with E-state index in [9.17, 15) is 9.59 Å². The average Bonchev–Trinajstić information content (AvgIpc) is 2.53. The minimum Gasteiger partial charge on any atom is -0.491 e. The van der Waals surface area contributed by atoms with Crippen LogP contribution in [0.25, 0.3) is 0 Å². The summed E-state index contributed by atoms with van der Waals surface area (Å²) >= 11 is 0. The van der Waals surface area contributed by atoms with Gasteiger partial charge in [0.1, 0.15) is 5.75 Å². The topological polar surface area (TPSA) is 55.8 Å². The molecule has 0 N–H and O–H groups in total. The van der Waals surface area contributed by atoms with E-state index in [1.165, 1.54) is 4.90 Å². The summed E-state index contributed by atoms with van der Waals surface area (Å²) in [7, 11) is 0. The first-order valence-corrected chi connectivity index (χ1v) is 8.33. The van der Waals surface area contributed by atoms with Crippen LogP contribution in [0.5, 0.6) is 5.75 Å². The van der Waals surface area contributed by atoms with E-state index >= 15 is 0 Å². The van der Waals surface area contributed by atoms with E-state index in [-0.39, 0.29) is 18.4 Å². The van der Waals surface area contributed by atoms with Gasteiger partial charge in [0.15, 0.2) is 6.10 Å². The van der Waals surface area contributed by atoms with Crippen molar-refractivity contribution in [3.8, 4) is 5.75 Å². The van der Waals surface area contributed by atoms with Gasteiger partial charge in [-0.25, -0.2) is 0 Å². The number of carbonyl (C=O) groups is 2. The number of esters is 1. The summed E-state index contributed by atoms with van der Waals surface area (Å²) in [5.41, 5.74) is 0.775. The van der Waals surface area contributed by atoms with Crippen molar-refractivity contribution in [1.29, 1.82) is 0 Å². The fraction of sp³-hybridized carbons (Fsp3) is 0.400. The van der Waals surface area contributed by atoms with Crippen molar-refractivity contribution in [2.75, 3.05) is 13.1 Å². The zero-order chi connectivity index (χ0) is 18.8. The second-order valence-electron chi connectivity index (χ2n) is 5.94. The highest BCUT2D eigenvalue weighted by molar-refractivity contribution is 5.84. The fourth-order valence-electron chi connectivity index (χ4n) is 2.28. The molecule has 1 amide bonds. The summed E-state index contributed by atoms with van der Waals surface area (Å²) in [6.45, 7) is 13.4. The molecule has 0 saturated carbocycles. The summed E-state index contributed by atoms with van der Waals surface area (Å²) in [4.78, 5) is 26.0. The van der Waals surface area contributed by atoms with Crippen LogP contribution in [-0.4, -0.2) is 42.1 Å². The molecule has 25 heavy (non-hydrogen) atoms. The molecule has 0 fully saturated rings. The predicted octanol–water partition coefficient (Wildman–Crippen LogP) is 3.15. The number of benzene rings is 1. The smallest absolute Gasteiger partial charge is 0.311 e.